The maximum atomic E-state index is 11.5. The van der Waals surface area contributed by atoms with E-state index in [1.165, 1.54) is 0 Å². The third kappa shape index (κ3) is 4.99. The molecule has 0 spiro atoms. The van der Waals surface area contributed by atoms with Gasteiger partial charge in [0, 0.05) is 38.8 Å². The number of aromatic nitrogens is 2. The number of hydrogen-bond acceptors (Lipinski definition) is 3. The zero-order valence-corrected chi connectivity index (χ0v) is 10.9. The second-order valence-corrected chi connectivity index (χ2v) is 4.08. The second kappa shape index (κ2) is 7.47. The number of imidazole rings is 1. The molecule has 0 aliphatic carbocycles. The molecule has 1 aromatic rings. The maximum Gasteiger partial charge on any atom is 0.220 e. The van der Waals surface area contributed by atoms with Crippen molar-refractivity contribution in [2.45, 2.75) is 32.7 Å². The fraction of sp³-hybridized carbons (Fsp3) is 0.583. The van der Waals surface area contributed by atoms with E-state index in [-0.39, 0.29) is 24.7 Å². The van der Waals surface area contributed by atoms with Crippen LogP contribution in [0.1, 0.15) is 32.0 Å². The fourth-order valence-corrected chi connectivity index (χ4v) is 1.41. The third-order valence-electron chi connectivity index (χ3n) is 2.52. The van der Waals surface area contributed by atoms with E-state index in [9.17, 15) is 9.59 Å². The lowest BCUT2D eigenvalue weighted by Crippen LogP contribution is -2.28. The number of carbonyl (C=O) groups is 2. The van der Waals surface area contributed by atoms with Gasteiger partial charge in [0.05, 0.1) is 6.54 Å². The van der Waals surface area contributed by atoms with Gasteiger partial charge in [0.1, 0.15) is 5.82 Å². The number of nitrogens with one attached hydrogen (secondary N) is 2. The van der Waals surface area contributed by atoms with Crippen molar-refractivity contribution in [3.8, 4) is 0 Å². The first kappa shape index (κ1) is 14.2. The van der Waals surface area contributed by atoms with Crippen molar-refractivity contribution in [1.29, 1.82) is 0 Å². The summed E-state index contributed by atoms with van der Waals surface area (Å²) in [6, 6.07) is 0. The molecule has 1 aromatic heterocycles. The minimum absolute atomic E-state index is 0.0796. The van der Waals surface area contributed by atoms with E-state index in [1.807, 2.05) is 24.7 Å². The second-order valence-electron chi connectivity index (χ2n) is 4.08. The van der Waals surface area contributed by atoms with Crippen LogP contribution in [0.25, 0.3) is 0 Å². The summed E-state index contributed by atoms with van der Waals surface area (Å²) < 4.78 is 1.84. The third-order valence-corrected chi connectivity index (χ3v) is 2.52. The number of amides is 2. The highest BCUT2D eigenvalue weighted by atomic mass is 16.2. The lowest BCUT2D eigenvalue weighted by Gasteiger charge is -2.05. The first-order valence-electron chi connectivity index (χ1n) is 6.13. The van der Waals surface area contributed by atoms with Crippen molar-refractivity contribution in [2.75, 3.05) is 6.54 Å². The van der Waals surface area contributed by atoms with E-state index in [0.717, 1.165) is 12.2 Å². The zero-order chi connectivity index (χ0) is 13.4. The first-order valence-corrected chi connectivity index (χ1v) is 6.13. The maximum absolute atomic E-state index is 11.5. The van der Waals surface area contributed by atoms with Gasteiger partial charge in [-0.25, -0.2) is 4.98 Å². The van der Waals surface area contributed by atoms with Gasteiger partial charge >= 0.3 is 0 Å². The van der Waals surface area contributed by atoms with Crippen molar-refractivity contribution in [3.63, 3.8) is 0 Å². The molecule has 0 aliphatic heterocycles. The predicted octanol–water partition coefficient (Wildman–Crippen LogP) is 0.343. The van der Waals surface area contributed by atoms with Crippen LogP contribution in [-0.4, -0.2) is 27.9 Å². The van der Waals surface area contributed by atoms with Gasteiger partial charge in [0.15, 0.2) is 0 Å². The minimum Gasteiger partial charge on any atom is -0.356 e. The van der Waals surface area contributed by atoms with Crippen LogP contribution in [0.15, 0.2) is 12.4 Å². The Balaban J connectivity index is 2.18. The Bertz CT molecular complexity index is 401. The van der Waals surface area contributed by atoms with E-state index in [0.29, 0.717) is 13.1 Å². The molecule has 1 heterocycles. The topological polar surface area (TPSA) is 76.0 Å². The van der Waals surface area contributed by atoms with E-state index >= 15 is 0 Å². The molecule has 2 amide bonds. The van der Waals surface area contributed by atoms with Gasteiger partial charge in [0.25, 0.3) is 0 Å². The van der Waals surface area contributed by atoms with Gasteiger partial charge in [-0.05, 0) is 6.42 Å². The molecule has 2 N–H and O–H groups in total. The Kier molecular flexibility index (Phi) is 5.90. The van der Waals surface area contributed by atoms with E-state index in [4.69, 9.17) is 0 Å². The van der Waals surface area contributed by atoms with Gasteiger partial charge in [-0.15, -0.1) is 0 Å². The summed E-state index contributed by atoms with van der Waals surface area (Å²) >= 11 is 0. The molecule has 0 fully saturated rings. The van der Waals surface area contributed by atoms with Gasteiger partial charge in [-0.3, -0.25) is 9.59 Å². The van der Waals surface area contributed by atoms with E-state index in [2.05, 4.69) is 15.6 Å². The van der Waals surface area contributed by atoms with Gasteiger partial charge in [-0.1, -0.05) is 6.92 Å². The number of aryl methyl sites for hydroxylation is 1. The van der Waals surface area contributed by atoms with Crippen molar-refractivity contribution < 1.29 is 9.59 Å². The molecular weight excluding hydrogens is 232 g/mol. The summed E-state index contributed by atoms with van der Waals surface area (Å²) in [4.78, 5) is 26.9. The molecule has 6 nitrogen and oxygen atoms in total. The Morgan fingerprint density at radius 1 is 1.28 bits per heavy atom. The summed E-state index contributed by atoms with van der Waals surface area (Å²) in [7, 11) is 1.87. The van der Waals surface area contributed by atoms with Crippen molar-refractivity contribution in [2.24, 2.45) is 7.05 Å². The number of hydrogen-bond donors (Lipinski definition) is 2. The van der Waals surface area contributed by atoms with Crippen LogP contribution in [0.4, 0.5) is 0 Å². The molecular formula is C12H20N4O2. The molecule has 100 valence electrons. The molecule has 6 heteroatoms. The van der Waals surface area contributed by atoms with Gasteiger partial charge in [-0.2, -0.15) is 0 Å². The zero-order valence-electron chi connectivity index (χ0n) is 10.9. The molecule has 0 saturated carbocycles. The molecule has 0 saturated heterocycles. The van der Waals surface area contributed by atoms with Crippen LogP contribution in [0.5, 0.6) is 0 Å². The van der Waals surface area contributed by atoms with Gasteiger partial charge < -0.3 is 15.2 Å². The average molecular weight is 252 g/mol. The number of rotatable bonds is 7. The predicted molar refractivity (Wildman–Crippen MR) is 67.6 cm³/mol. The Morgan fingerprint density at radius 3 is 2.50 bits per heavy atom. The first-order chi connectivity index (χ1) is 8.63. The fourth-order valence-electron chi connectivity index (χ4n) is 1.41. The van der Waals surface area contributed by atoms with Crippen LogP contribution in [-0.2, 0) is 23.2 Å². The monoisotopic (exact) mass is 252 g/mol. The summed E-state index contributed by atoms with van der Waals surface area (Å²) in [6.45, 7) is 3.03. The smallest absolute Gasteiger partial charge is 0.220 e. The molecule has 1 rings (SSSR count). The molecule has 0 radical (unpaired) electrons. The highest BCUT2D eigenvalue weighted by molar-refractivity contribution is 5.83. The van der Waals surface area contributed by atoms with Crippen LogP contribution in [0.2, 0.25) is 0 Å². The normalized spacial score (nSPS) is 10.1. The Labute approximate surface area is 107 Å². The number of carbonyl (C=O) groups excluding carboxylic acids is 2. The Hall–Kier alpha value is -1.85. The largest absolute Gasteiger partial charge is 0.356 e. The van der Waals surface area contributed by atoms with E-state index < -0.39 is 0 Å². The van der Waals surface area contributed by atoms with Gasteiger partial charge in [0.2, 0.25) is 11.8 Å². The summed E-state index contributed by atoms with van der Waals surface area (Å²) in [5, 5.41) is 5.47. The number of nitrogens with zero attached hydrogens (tertiary/aromatic N) is 2. The molecule has 0 bridgehead atoms. The SMILES string of the molecule is CCCNC(=O)CCC(=O)NCc1nccn1C. The van der Waals surface area contributed by atoms with Crippen molar-refractivity contribution >= 4 is 11.8 Å². The lowest BCUT2D eigenvalue weighted by molar-refractivity contribution is -0.126. The molecule has 0 aromatic carbocycles. The molecule has 0 unspecified atom stereocenters. The summed E-state index contributed by atoms with van der Waals surface area (Å²) in [5.41, 5.74) is 0. The standard InChI is InChI=1S/C12H20N4O2/c1-3-6-14-11(17)4-5-12(18)15-9-10-13-7-8-16(10)2/h7-8H,3-6,9H2,1-2H3,(H,14,17)(H,15,18). The summed E-state index contributed by atoms with van der Waals surface area (Å²) in [5.74, 6) is 0.576. The molecule has 0 atom stereocenters. The van der Waals surface area contributed by atoms with Crippen LogP contribution in [0, 0.1) is 0 Å². The highest BCUT2D eigenvalue weighted by Gasteiger charge is 2.07. The van der Waals surface area contributed by atoms with Crippen molar-refractivity contribution in [1.82, 2.24) is 20.2 Å². The Morgan fingerprint density at radius 2 is 1.94 bits per heavy atom. The van der Waals surface area contributed by atoms with Crippen molar-refractivity contribution in [3.05, 3.63) is 18.2 Å². The van der Waals surface area contributed by atoms with Crippen LogP contribution < -0.4 is 10.6 Å². The molecule has 0 aliphatic rings. The van der Waals surface area contributed by atoms with E-state index in [1.54, 1.807) is 6.20 Å². The van der Waals surface area contributed by atoms with Crippen LogP contribution in [0.3, 0.4) is 0 Å². The van der Waals surface area contributed by atoms with Crippen LogP contribution >= 0.6 is 0 Å². The summed E-state index contributed by atoms with van der Waals surface area (Å²) in [6.07, 6.45) is 4.84. The quantitative estimate of drug-likeness (QED) is 0.735. The minimum atomic E-state index is -0.135. The lowest BCUT2D eigenvalue weighted by atomic mass is 10.2. The average Bonchev–Trinajstić information content (AvgIpc) is 2.77. The highest BCUT2D eigenvalue weighted by Crippen LogP contribution is 1.95. The molecule has 18 heavy (non-hydrogen) atoms.